The van der Waals surface area contributed by atoms with Gasteiger partial charge in [0.15, 0.2) is 11.5 Å². The van der Waals surface area contributed by atoms with Crippen LogP contribution in [0.25, 0.3) is 0 Å². The number of benzene rings is 1. The molecule has 3 rings (SSSR count). The lowest BCUT2D eigenvalue weighted by Crippen LogP contribution is -2.48. The van der Waals surface area contributed by atoms with Crippen molar-refractivity contribution in [1.29, 1.82) is 0 Å². The maximum atomic E-state index is 5.55. The molecule has 0 spiro atoms. The van der Waals surface area contributed by atoms with E-state index in [2.05, 4.69) is 27.2 Å². The third-order valence-corrected chi connectivity index (χ3v) is 5.51. The fourth-order valence-corrected chi connectivity index (χ4v) is 4.05. The van der Waals surface area contributed by atoms with Crippen LogP contribution in [0.4, 0.5) is 0 Å². The highest BCUT2D eigenvalue weighted by Crippen LogP contribution is 2.32. The largest absolute Gasteiger partial charge is 0.493 e. The standard InChI is InChI=1S/C20H33N3O2/c1-24-19-8-7-17(15-20(19)25-2)18(23-13-9-21-10-14-23)16-22-11-5-3-4-6-12-22/h7-8,15,18,21H,3-6,9-14,16H2,1-2H3. The second-order valence-electron chi connectivity index (χ2n) is 7.13. The lowest BCUT2D eigenvalue weighted by molar-refractivity contribution is 0.125. The number of hydrogen-bond donors (Lipinski definition) is 1. The molecule has 2 aliphatic rings. The normalized spacial score (nSPS) is 21.5. The highest BCUT2D eigenvalue weighted by Gasteiger charge is 2.25. The number of methoxy groups -OCH3 is 2. The lowest BCUT2D eigenvalue weighted by atomic mass is 10.0. The zero-order chi connectivity index (χ0) is 17.5. The summed E-state index contributed by atoms with van der Waals surface area (Å²) in [6.07, 6.45) is 5.43. The Labute approximate surface area is 152 Å². The first-order valence-electron chi connectivity index (χ1n) is 9.71. The molecule has 2 fully saturated rings. The molecule has 5 nitrogen and oxygen atoms in total. The number of ether oxygens (including phenoxy) is 2. The number of piperazine rings is 1. The highest BCUT2D eigenvalue weighted by atomic mass is 16.5. The van der Waals surface area contributed by atoms with Gasteiger partial charge in [-0.05, 0) is 43.6 Å². The minimum Gasteiger partial charge on any atom is -0.493 e. The molecule has 1 N–H and O–H groups in total. The summed E-state index contributed by atoms with van der Waals surface area (Å²) >= 11 is 0. The minimum atomic E-state index is 0.417. The molecule has 0 radical (unpaired) electrons. The van der Waals surface area contributed by atoms with Crippen molar-refractivity contribution in [1.82, 2.24) is 15.1 Å². The maximum Gasteiger partial charge on any atom is 0.161 e. The lowest BCUT2D eigenvalue weighted by Gasteiger charge is -2.38. The van der Waals surface area contributed by atoms with Gasteiger partial charge >= 0.3 is 0 Å². The summed E-state index contributed by atoms with van der Waals surface area (Å²) in [6.45, 7) is 7.93. The molecule has 140 valence electrons. The van der Waals surface area contributed by atoms with Gasteiger partial charge in [0.25, 0.3) is 0 Å². The Kier molecular flexibility index (Phi) is 6.96. The average Bonchev–Trinajstić information content (AvgIpc) is 2.95. The van der Waals surface area contributed by atoms with Crippen LogP contribution >= 0.6 is 0 Å². The molecule has 25 heavy (non-hydrogen) atoms. The number of nitrogens with one attached hydrogen (secondary N) is 1. The van der Waals surface area contributed by atoms with E-state index in [-0.39, 0.29) is 0 Å². The molecule has 0 aliphatic carbocycles. The van der Waals surface area contributed by atoms with Crippen molar-refractivity contribution in [2.24, 2.45) is 0 Å². The fourth-order valence-electron chi connectivity index (χ4n) is 4.05. The first-order valence-corrected chi connectivity index (χ1v) is 9.71. The number of hydrogen-bond acceptors (Lipinski definition) is 5. The molecular formula is C20H33N3O2. The van der Waals surface area contributed by atoms with E-state index < -0.39 is 0 Å². The summed E-state index contributed by atoms with van der Waals surface area (Å²) in [5.41, 5.74) is 1.34. The Bertz CT molecular complexity index is 524. The van der Waals surface area contributed by atoms with Crippen LogP contribution in [0.1, 0.15) is 37.3 Å². The van der Waals surface area contributed by atoms with Crippen molar-refractivity contribution in [3.05, 3.63) is 23.8 Å². The third-order valence-electron chi connectivity index (χ3n) is 5.51. The van der Waals surface area contributed by atoms with Crippen LogP contribution in [-0.4, -0.2) is 69.8 Å². The van der Waals surface area contributed by atoms with Crippen molar-refractivity contribution in [2.75, 3.05) is 60.0 Å². The van der Waals surface area contributed by atoms with Gasteiger partial charge in [-0.1, -0.05) is 18.9 Å². The van der Waals surface area contributed by atoms with Crippen molar-refractivity contribution in [3.8, 4) is 11.5 Å². The van der Waals surface area contributed by atoms with Gasteiger partial charge in [0.05, 0.1) is 14.2 Å². The van der Waals surface area contributed by atoms with E-state index in [0.29, 0.717) is 6.04 Å². The maximum absolute atomic E-state index is 5.55. The molecule has 5 heteroatoms. The summed E-state index contributed by atoms with van der Waals surface area (Å²) < 4.78 is 11.0. The van der Waals surface area contributed by atoms with Gasteiger partial charge in [-0.25, -0.2) is 0 Å². The van der Waals surface area contributed by atoms with Gasteiger partial charge in [-0.15, -0.1) is 0 Å². The first-order chi connectivity index (χ1) is 12.3. The predicted molar refractivity (Wildman–Crippen MR) is 102 cm³/mol. The molecule has 1 atom stereocenters. The van der Waals surface area contributed by atoms with E-state index in [4.69, 9.17) is 9.47 Å². The second kappa shape index (κ2) is 9.41. The summed E-state index contributed by atoms with van der Waals surface area (Å²) in [6, 6.07) is 6.85. The van der Waals surface area contributed by atoms with Crippen LogP contribution in [0, 0.1) is 0 Å². The van der Waals surface area contributed by atoms with Gasteiger partial charge in [0, 0.05) is 38.8 Å². The fraction of sp³-hybridized carbons (Fsp3) is 0.700. The van der Waals surface area contributed by atoms with Crippen LogP contribution in [0.5, 0.6) is 11.5 Å². The van der Waals surface area contributed by atoms with Gasteiger partial charge < -0.3 is 19.7 Å². The van der Waals surface area contributed by atoms with E-state index >= 15 is 0 Å². The summed E-state index contributed by atoms with van der Waals surface area (Å²) in [4.78, 5) is 5.29. The molecule has 2 heterocycles. The van der Waals surface area contributed by atoms with Crippen molar-refractivity contribution >= 4 is 0 Å². The third kappa shape index (κ3) is 4.87. The Morgan fingerprint density at radius 1 is 0.920 bits per heavy atom. The Morgan fingerprint density at radius 2 is 1.60 bits per heavy atom. The molecule has 1 aromatic carbocycles. The van der Waals surface area contributed by atoms with Crippen molar-refractivity contribution < 1.29 is 9.47 Å². The molecule has 1 unspecified atom stereocenters. The van der Waals surface area contributed by atoms with Crippen LogP contribution in [0.15, 0.2) is 18.2 Å². The highest BCUT2D eigenvalue weighted by molar-refractivity contribution is 5.44. The average molecular weight is 348 g/mol. The van der Waals surface area contributed by atoms with E-state index in [1.807, 2.05) is 6.07 Å². The summed E-state index contributed by atoms with van der Waals surface area (Å²) in [7, 11) is 3.42. The number of likely N-dealkylation sites (tertiary alicyclic amines) is 1. The smallest absolute Gasteiger partial charge is 0.161 e. The molecule has 2 saturated heterocycles. The zero-order valence-corrected chi connectivity index (χ0v) is 15.8. The number of nitrogens with zero attached hydrogens (tertiary/aromatic N) is 2. The van der Waals surface area contributed by atoms with Crippen molar-refractivity contribution in [2.45, 2.75) is 31.7 Å². The Balaban J connectivity index is 1.81. The molecule has 0 saturated carbocycles. The van der Waals surface area contributed by atoms with Crippen LogP contribution in [0.2, 0.25) is 0 Å². The monoisotopic (exact) mass is 347 g/mol. The van der Waals surface area contributed by atoms with E-state index in [1.165, 1.54) is 44.3 Å². The van der Waals surface area contributed by atoms with E-state index in [0.717, 1.165) is 44.2 Å². The zero-order valence-electron chi connectivity index (χ0n) is 15.8. The Hall–Kier alpha value is -1.30. The number of rotatable bonds is 6. The van der Waals surface area contributed by atoms with E-state index in [9.17, 15) is 0 Å². The molecule has 1 aromatic rings. The van der Waals surface area contributed by atoms with Gasteiger partial charge in [0.1, 0.15) is 0 Å². The van der Waals surface area contributed by atoms with Crippen molar-refractivity contribution in [3.63, 3.8) is 0 Å². The van der Waals surface area contributed by atoms with Gasteiger partial charge in [-0.3, -0.25) is 4.90 Å². The topological polar surface area (TPSA) is 37.0 Å². The van der Waals surface area contributed by atoms with Gasteiger partial charge in [0.2, 0.25) is 0 Å². The summed E-state index contributed by atoms with van der Waals surface area (Å²) in [5, 5.41) is 3.48. The van der Waals surface area contributed by atoms with Gasteiger partial charge in [-0.2, -0.15) is 0 Å². The minimum absolute atomic E-state index is 0.417. The van der Waals surface area contributed by atoms with E-state index in [1.54, 1.807) is 14.2 Å². The quantitative estimate of drug-likeness (QED) is 0.856. The molecule has 0 aromatic heterocycles. The van der Waals surface area contributed by atoms with Crippen LogP contribution in [-0.2, 0) is 0 Å². The van der Waals surface area contributed by atoms with Crippen LogP contribution < -0.4 is 14.8 Å². The first kappa shape index (κ1) is 18.5. The molecule has 0 amide bonds. The summed E-state index contributed by atoms with van der Waals surface area (Å²) in [5.74, 6) is 1.64. The van der Waals surface area contributed by atoms with Crippen LogP contribution in [0.3, 0.4) is 0 Å². The molecule has 0 bridgehead atoms. The second-order valence-corrected chi connectivity index (χ2v) is 7.13. The Morgan fingerprint density at radius 3 is 2.24 bits per heavy atom. The molecular weight excluding hydrogens is 314 g/mol. The molecule has 2 aliphatic heterocycles. The SMILES string of the molecule is COc1ccc(C(CN2CCCCCC2)N2CCNCC2)cc1OC. The predicted octanol–water partition coefficient (Wildman–Crippen LogP) is 2.53.